The predicted molar refractivity (Wildman–Crippen MR) is 61.8 cm³/mol. The summed E-state index contributed by atoms with van der Waals surface area (Å²) < 4.78 is 17.7. The molecule has 0 fully saturated rings. The van der Waals surface area contributed by atoms with E-state index < -0.39 is 0 Å². The second-order valence-electron chi connectivity index (χ2n) is 2.77. The van der Waals surface area contributed by atoms with Gasteiger partial charge in [-0.15, -0.1) is 0 Å². The zero-order valence-electron chi connectivity index (χ0n) is 7.08. The number of aromatic nitrogens is 2. The lowest BCUT2D eigenvalue weighted by Crippen LogP contribution is -1.90. The highest BCUT2D eigenvalue weighted by molar-refractivity contribution is 14.1. The van der Waals surface area contributed by atoms with Gasteiger partial charge >= 0.3 is 0 Å². The Labute approximate surface area is 98.5 Å². The molecule has 2 nitrogen and oxygen atoms in total. The lowest BCUT2D eigenvalue weighted by Gasteiger charge is -1.95. The average molecular weight is 320 g/mol. The van der Waals surface area contributed by atoms with E-state index >= 15 is 0 Å². The van der Waals surface area contributed by atoms with E-state index in [4.69, 9.17) is 0 Å². The molecule has 72 valence electrons. The van der Waals surface area contributed by atoms with Crippen LogP contribution in [0.3, 0.4) is 0 Å². The van der Waals surface area contributed by atoms with Crippen molar-refractivity contribution in [2.75, 3.05) is 0 Å². The second-order valence-corrected chi connectivity index (χ2v) is 5.27. The van der Waals surface area contributed by atoms with Gasteiger partial charge in [0.2, 0.25) is 0 Å². The van der Waals surface area contributed by atoms with E-state index in [2.05, 4.69) is 31.9 Å². The van der Waals surface area contributed by atoms with Gasteiger partial charge in [-0.25, -0.2) is 9.37 Å². The van der Waals surface area contributed by atoms with Crippen molar-refractivity contribution in [1.29, 1.82) is 0 Å². The minimum absolute atomic E-state index is 0.213. The van der Waals surface area contributed by atoms with E-state index in [9.17, 15) is 4.39 Å². The van der Waals surface area contributed by atoms with Crippen LogP contribution in [0, 0.1) is 8.83 Å². The van der Waals surface area contributed by atoms with Crippen molar-refractivity contribution < 1.29 is 4.39 Å². The standard InChI is InChI=1S/C9H6FIN2S/c10-7-3-1-6(2-4-7)5-8-12-9(11)14-13-8/h1-4H,5H2. The number of halogens is 2. The molecule has 0 amide bonds. The fourth-order valence-electron chi connectivity index (χ4n) is 1.09. The van der Waals surface area contributed by atoms with Crippen molar-refractivity contribution in [3.05, 3.63) is 44.5 Å². The van der Waals surface area contributed by atoms with E-state index in [0.717, 1.165) is 14.4 Å². The predicted octanol–water partition coefficient (Wildman–Crippen LogP) is 2.87. The molecular weight excluding hydrogens is 314 g/mol. The largest absolute Gasteiger partial charge is 0.213 e. The smallest absolute Gasteiger partial charge is 0.173 e. The summed E-state index contributed by atoms with van der Waals surface area (Å²) in [6, 6.07) is 6.41. The number of rotatable bonds is 2. The molecule has 1 aromatic carbocycles. The Balaban J connectivity index is 2.15. The molecule has 5 heteroatoms. The van der Waals surface area contributed by atoms with Crippen LogP contribution in [0.15, 0.2) is 24.3 Å². The summed E-state index contributed by atoms with van der Waals surface area (Å²) in [4.78, 5) is 4.23. The summed E-state index contributed by atoms with van der Waals surface area (Å²) in [5.74, 6) is 0.584. The zero-order valence-corrected chi connectivity index (χ0v) is 10.0. The van der Waals surface area contributed by atoms with Crippen molar-refractivity contribution in [1.82, 2.24) is 9.36 Å². The zero-order chi connectivity index (χ0) is 9.97. The maximum Gasteiger partial charge on any atom is 0.173 e. The highest BCUT2D eigenvalue weighted by Crippen LogP contribution is 2.11. The summed E-state index contributed by atoms with van der Waals surface area (Å²) in [5.41, 5.74) is 1.03. The van der Waals surface area contributed by atoms with Gasteiger partial charge in [0.1, 0.15) is 11.6 Å². The topological polar surface area (TPSA) is 25.8 Å². The fourth-order valence-corrected chi connectivity index (χ4v) is 2.10. The fraction of sp³-hybridized carbons (Fsp3) is 0.111. The quantitative estimate of drug-likeness (QED) is 0.795. The molecule has 0 saturated heterocycles. The summed E-state index contributed by atoms with van der Waals surface area (Å²) in [6.45, 7) is 0. The van der Waals surface area contributed by atoms with Crippen LogP contribution in [0.5, 0.6) is 0 Å². The molecule has 0 spiro atoms. The molecule has 2 aromatic rings. The van der Waals surface area contributed by atoms with Gasteiger partial charge < -0.3 is 0 Å². The van der Waals surface area contributed by atoms with Gasteiger partial charge in [0.05, 0.1) is 0 Å². The molecule has 2 rings (SSSR count). The Hall–Kier alpha value is -0.560. The molecular formula is C9H6FIN2S. The Morgan fingerprint density at radius 3 is 2.57 bits per heavy atom. The first-order chi connectivity index (χ1) is 6.74. The highest BCUT2D eigenvalue weighted by Gasteiger charge is 2.02. The van der Waals surface area contributed by atoms with Crippen LogP contribution < -0.4 is 0 Å². The third kappa shape index (κ3) is 2.48. The highest BCUT2D eigenvalue weighted by atomic mass is 127. The van der Waals surface area contributed by atoms with E-state index in [1.54, 1.807) is 12.1 Å². The molecule has 0 bridgehead atoms. The monoisotopic (exact) mass is 320 g/mol. The Bertz CT molecular complexity index is 427. The number of hydrogen-bond acceptors (Lipinski definition) is 3. The SMILES string of the molecule is Fc1ccc(Cc2nsc(I)n2)cc1. The number of hydrogen-bond donors (Lipinski definition) is 0. The summed E-state index contributed by atoms with van der Waals surface area (Å²) in [5, 5.41) is 0. The second kappa shape index (κ2) is 4.31. The van der Waals surface area contributed by atoms with Gasteiger partial charge in [0, 0.05) is 6.42 Å². The first kappa shape index (κ1) is 9.97. The molecule has 0 radical (unpaired) electrons. The summed E-state index contributed by atoms with van der Waals surface area (Å²) in [6.07, 6.45) is 0.666. The third-order valence-electron chi connectivity index (χ3n) is 1.72. The maximum atomic E-state index is 12.6. The van der Waals surface area contributed by atoms with Crippen LogP contribution in [0.25, 0.3) is 0 Å². The molecule has 0 aliphatic rings. The minimum atomic E-state index is -0.213. The average Bonchev–Trinajstić information content (AvgIpc) is 2.56. The van der Waals surface area contributed by atoms with Gasteiger partial charge in [-0.1, -0.05) is 12.1 Å². The van der Waals surface area contributed by atoms with Crippen LogP contribution >= 0.6 is 34.1 Å². The van der Waals surface area contributed by atoms with Crippen LogP contribution in [0.1, 0.15) is 11.4 Å². The van der Waals surface area contributed by atoms with Crippen LogP contribution in [-0.2, 0) is 6.42 Å². The summed E-state index contributed by atoms with van der Waals surface area (Å²) in [7, 11) is 0. The molecule has 0 saturated carbocycles. The molecule has 0 N–H and O–H groups in total. The van der Waals surface area contributed by atoms with Gasteiger partial charge in [-0.2, -0.15) is 4.37 Å². The van der Waals surface area contributed by atoms with Crippen LogP contribution in [0.2, 0.25) is 0 Å². The van der Waals surface area contributed by atoms with E-state index in [-0.39, 0.29) is 5.82 Å². The maximum absolute atomic E-state index is 12.6. The lowest BCUT2D eigenvalue weighted by atomic mass is 10.1. The van der Waals surface area contributed by atoms with Crippen molar-refractivity contribution in [2.45, 2.75) is 6.42 Å². The van der Waals surface area contributed by atoms with Crippen molar-refractivity contribution in [3.8, 4) is 0 Å². The summed E-state index contributed by atoms with van der Waals surface area (Å²) >= 11 is 3.51. The van der Waals surface area contributed by atoms with Crippen molar-refractivity contribution in [2.24, 2.45) is 0 Å². The Morgan fingerprint density at radius 1 is 1.29 bits per heavy atom. The number of benzene rings is 1. The van der Waals surface area contributed by atoms with Crippen molar-refractivity contribution >= 4 is 34.1 Å². The molecule has 1 heterocycles. The lowest BCUT2D eigenvalue weighted by molar-refractivity contribution is 0.627. The van der Waals surface area contributed by atoms with Gasteiger partial charge in [-0.3, -0.25) is 0 Å². The first-order valence-electron chi connectivity index (χ1n) is 3.96. The van der Waals surface area contributed by atoms with Crippen molar-refractivity contribution in [3.63, 3.8) is 0 Å². The van der Waals surface area contributed by atoms with E-state index in [0.29, 0.717) is 6.42 Å². The van der Waals surface area contributed by atoms with Crippen LogP contribution in [-0.4, -0.2) is 9.36 Å². The van der Waals surface area contributed by atoms with Crippen LogP contribution in [0.4, 0.5) is 4.39 Å². The number of nitrogens with zero attached hydrogens (tertiary/aromatic N) is 2. The third-order valence-corrected chi connectivity index (χ3v) is 3.09. The molecule has 0 aliphatic carbocycles. The molecule has 0 aliphatic heterocycles. The van der Waals surface area contributed by atoms with Gasteiger partial charge in [0.25, 0.3) is 0 Å². The Morgan fingerprint density at radius 2 is 2.00 bits per heavy atom. The molecule has 1 aromatic heterocycles. The molecule has 0 unspecified atom stereocenters. The normalized spacial score (nSPS) is 10.4. The minimum Gasteiger partial charge on any atom is -0.213 e. The van der Waals surface area contributed by atoms with Gasteiger partial charge in [0.15, 0.2) is 3.01 Å². The Kier molecular flexibility index (Phi) is 3.07. The van der Waals surface area contributed by atoms with E-state index in [1.165, 1.54) is 23.7 Å². The molecule has 0 atom stereocenters. The first-order valence-corrected chi connectivity index (χ1v) is 5.82. The van der Waals surface area contributed by atoms with Gasteiger partial charge in [-0.05, 0) is 51.8 Å². The van der Waals surface area contributed by atoms with E-state index in [1.807, 2.05) is 0 Å². The molecule has 14 heavy (non-hydrogen) atoms.